The lowest BCUT2D eigenvalue weighted by Gasteiger charge is -2.10. The van der Waals surface area contributed by atoms with E-state index in [1.165, 1.54) is 5.56 Å². The van der Waals surface area contributed by atoms with Gasteiger partial charge in [-0.1, -0.05) is 24.3 Å². The molecule has 3 heterocycles. The maximum absolute atomic E-state index is 11.3. The van der Waals surface area contributed by atoms with Crippen molar-refractivity contribution < 1.29 is 9.53 Å². The van der Waals surface area contributed by atoms with Crippen molar-refractivity contribution in [1.82, 2.24) is 9.97 Å². The Balaban J connectivity index is 1.62. The molecule has 0 radical (unpaired) electrons. The molecule has 1 amide bonds. The molecule has 0 unspecified atom stereocenters. The zero-order valence-corrected chi connectivity index (χ0v) is 13.0. The van der Waals surface area contributed by atoms with Gasteiger partial charge in [-0.2, -0.15) is 0 Å². The van der Waals surface area contributed by atoms with Crippen molar-refractivity contribution in [2.45, 2.75) is 13.0 Å². The van der Waals surface area contributed by atoms with Gasteiger partial charge in [0.05, 0.1) is 5.69 Å². The first kappa shape index (κ1) is 14.4. The second kappa shape index (κ2) is 5.81. The first-order chi connectivity index (χ1) is 11.7. The van der Waals surface area contributed by atoms with E-state index in [4.69, 9.17) is 10.5 Å². The van der Waals surface area contributed by atoms with Crippen molar-refractivity contribution in [3.05, 3.63) is 59.4 Å². The minimum atomic E-state index is -0.557. The molecule has 0 saturated heterocycles. The van der Waals surface area contributed by atoms with E-state index < -0.39 is 5.91 Å². The second-order valence-electron chi connectivity index (χ2n) is 5.66. The molecule has 4 rings (SSSR count). The second-order valence-corrected chi connectivity index (χ2v) is 5.66. The highest BCUT2D eigenvalue weighted by Crippen LogP contribution is 2.25. The van der Waals surface area contributed by atoms with Gasteiger partial charge in [-0.15, -0.1) is 0 Å². The largest absolute Gasteiger partial charge is 0.485 e. The van der Waals surface area contributed by atoms with Gasteiger partial charge in [0.15, 0.2) is 0 Å². The van der Waals surface area contributed by atoms with Gasteiger partial charge in [-0.25, -0.2) is 9.97 Å². The number of primary amides is 1. The van der Waals surface area contributed by atoms with Gasteiger partial charge in [0.2, 0.25) is 0 Å². The fourth-order valence-corrected chi connectivity index (χ4v) is 2.80. The molecular formula is C18H16N4O2. The van der Waals surface area contributed by atoms with Crippen molar-refractivity contribution in [1.29, 1.82) is 0 Å². The van der Waals surface area contributed by atoms with Crippen molar-refractivity contribution in [2.24, 2.45) is 5.73 Å². The van der Waals surface area contributed by atoms with Gasteiger partial charge in [0.1, 0.15) is 29.4 Å². The van der Waals surface area contributed by atoms with E-state index in [-0.39, 0.29) is 5.69 Å². The molecule has 3 aromatic rings. The summed E-state index contributed by atoms with van der Waals surface area (Å²) in [5.41, 5.74) is 8.22. The monoisotopic (exact) mass is 320 g/mol. The summed E-state index contributed by atoms with van der Waals surface area (Å²) in [7, 11) is 0. The highest BCUT2D eigenvalue weighted by molar-refractivity contribution is 5.94. The Morgan fingerprint density at radius 1 is 1.17 bits per heavy atom. The van der Waals surface area contributed by atoms with Crippen molar-refractivity contribution >= 4 is 22.6 Å². The van der Waals surface area contributed by atoms with Crippen LogP contribution in [0.1, 0.15) is 21.7 Å². The predicted molar refractivity (Wildman–Crippen MR) is 91.0 cm³/mol. The van der Waals surface area contributed by atoms with E-state index in [0.717, 1.165) is 29.9 Å². The van der Waals surface area contributed by atoms with Gasteiger partial charge in [0, 0.05) is 11.9 Å². The van der Waals surface area contributed by atoms with Crippen LogP contribution >= 0.6 is 0 Å². The molecule has 1 aliphatic rings. The molecule has 6 nitrogen and oxygen atoms in total. The molecule has 0 aliphatic carbocycles. The number of carbonyl (C=O) groups is 1. The molecular weight excluding hydrogens is 304 g/mol. The summed E-state index contributed by atoms with van der Waals surface area (Å²) in [6.07, 6.45) is 1.01. The highest BCUT2D eigenvalue weighted by atomic mass is 16.5. The van der Waals surface area contributed by atoms with E-state index in [0.29, 0.717) is 17.9 Å². The number of nitrogens with one attached hydrogen (secondary N) is 1. The lowest BCUT2D eigenvalue weighted by atomic mass is 10.2. The lowest BCUT2D eigenvalue weighted by Crippen LogP contribution is -2.13. The number of ether oxygens (including phenoxy) is 1. The molecule has 0 fully saturated rings. The number of benzene rings is 1. The number of nitrogens with two attached hydrogens (primary N) is 1. The molecule has 1 aliphatic heterocycles. The Bertz CT molecular complexity index is 939. The summed E-state index contributed by atoms with van der Waals surface area (Å²) in [5.74, 6) is 0.979. The Labute approximate surface area is 138 Å². The van der Waals surface area contributed by atoms with Crippen LogP contribution in [0.4, 0.5) is 5.82 Å². The zero-order chi connectivity index (χ0) is 16.5. The molecule has 1 aromatic carbocycles. The first-order valence-electron chi connectivity index (χ1n) is 7.76. The minimum absolute atomic E-state index is 0.221. The number of para-hydroxylation sites is 1. The number of pyridine rings is 2. The molecule has 0 bridgehead atoms. The van der Waals surface area contributed by atoms with Gasteiger partial charge in [-0.3, -0.25) is 4.79 Å². The Hall–Kier alpha value is -3.15. The van der Waals surface area contributed by atoms with Crippen LogP contribution in [0, 0.1) is 0 Å². The number of anilines is 1. The standard InChI is InChI=1S/C18H16N4O2/c19-17(23)14-7-5-11-2-1-3-15(16(11)22-14)24-10-13-6-4-12-8-9-20-18(12)21-13/h1-7H,8-10H2,(H2,19,23)(H,20,21). The average Bonchev–Trinajstić information content (AvgIpc) is 3.07. The topological polar surface area (TPSA) is 90.1 Å². The summed E-state index contributed by atoms with van der Waals surface area (Å²) in [5, 5.41) is 4.15. The average molecular weight is 320 g/mol. The molecule has 0 spiro atoms. The van der Waals surface area contributed by atoms with Gasteiger partial charge >= 0.3 is 0 Å². The van der Waals surface area contributed by atoms with Gasteiger partial charge < -0.3 is 15.8 Å². The highest BCUT2D eigenvalue weighted by Gasteiger charge is 2.12. The zero-order valence-electron chi connectivity index (χ0n) is 13.0. The SMILES string of the molecule is NC(=O)c1ccc2cccc(OCc3ccc4c(n3)NCC4)c2n1. The maximum Gasteiger partial charge on any atom is 0.267 e. The number of carbonyl (C=O) groups excluding carboxylic acids is 1. The van der Waals surface area contributed by atoms with E-state index >= 15 is 0 Å². The molecule has 120 valence electrons. The van der Waals surface area contributed by atoms with Crippen molar-refractivity contribution in [3.63, 3.8) is 0 Å². The number of hydrogen-bond acceptors (Lipinski definition) is 5. The minimum Gasteiger partial charge on any atom is -0.485 e. The molecule has 3 N–H and O–H groups in total. The summed E-state index contributed by atoms with van der Waals surface area (Å²) in [4.78, 5) is 20.2. The smallest absolute Gasteiger partial charge is 0.267 e. The lowest BCUT2D eigenvalue weighted by molar-refractivity contribution is 0.0996. The van der Waals surface area contributed by atoms with Crippen molar-refractivity contribution in [2.75, 3.05) is 11.9 Å². The third-order valence-corrected chi connectivity index (χ3v) is 4.03. The third kappa shape index (κ3) is 2.62. The Morgan fingerprint density at radius 2 is 2.08 bits per heavy atom. The fourth-order valence-electron chi connectivity index (χ4n) is 2.80. The number of rotatable bonds is 4. The summed E-state index contributed by atoms with van der Waals surface area (Å²) in [6.45, 7) is 1.26. The van der Waals surface area contributed by atoms with Crippen LogP contribution in [0.15, 0.2) is 42.5 Å². The first-order valence-corrected chi connectivity index (χ1v) is 7.76. The molecule has 24 heavy (non-hydrogen) atoms. The van der Waals surface area contributed by atoms with Crippen LogP contribution in [0.5, 0.6) is 5.75 Å². The summed E-state index contributed by atoms with van der Waals surface area (Å²) >= 11 is 0. The van der Waals surface area contributed by atoms with Gasteiger partial charge in [0.25, 0.3) is 5.91 Å². The van der Waals surface area contributed by atoms with Crippen LogP contribution in [-0.4, -0.2) is 22.4 Å². The number of nitrogens with zero attached hydrogens (tertiary/aromatic N) is 2. The van der Waals surface area contributed by atoms with E-state index in [1.54, 1.807) is 6.07 Å². The van der Waals surface area contributed by atoms with E-state index in [1.807, 2.05) is 30.3 Å². The van der Waals surface area contributed by atoms with Crippen LogP contribution in [0.25, 0.3) is 10.9 Å². The summed E-state index contributed by atoms with van der Waals surface area (Å²) in [6, 6.07) is 13.1. The Kier molecular flexibility index (Phi) is 3.49. The van der Waals surface area contributed by atoms with Crippen LogP contribution in [0.2, 0.25) is 0 Å². The molecule has 0 saturated carbocycles. The maximum atomic E-state index is 11.3. The van der Waals surface area contributed by atoms with Crippen LogP contribution in [0.3, 0.4) is 0 Å². The van der Waals surface area contributed by atoms with Crippen LogP contribution < -0.4 is 15.8 Å². The molecule has 0 atom stereocenters. The van der Waals surface area contributed by atoms with Crippen molar-refractivity contribution in [3.8, 4) is 5.75 Å². The number of amides is 1. The normalized spacial score (nSPS) is 12.7. The third-order valence-electron chi connectivity index (χ3n) is 4.03. The molecule has 2 aromatic heterocycles. The quantitative estimate of drug-likeness (QED) is 0.769. The number of fused-ring (bicyclic) bond motifs is 2. The van der Waals surface area contributed by atoms with E-state index in [9.17, 15) is 4.79 Å². The van der Waals surface area contributed by atoms with Crippen LogP contribution in [-0.2, 0) is 13.0 Å². The van der Waals surface area contributed by atoms with Gasteiger partial charge in [-0.05, 0) is 30.2 Å². The molecule has 6 heteroatoms. The predicted octanol–water partition coefficient (Wildman–Crippen LogP) is 2.28. The van der Waals surface area contributed by atoms with E-state index in [2.05, 4.69) is 21.4 Å². The fraction of sp³-hybridized carbons (Fsp3) is 0.167. The number of hydrogen-bond donors (Lipinski definition) is 2. The Morgan fingerprint density at radius 3 is 2.96 bits per heavy atom. The summed E-state index contributed by atoms with van der Waals surface area (Å²) < 4.78 is 5.89. The number of aromatic nitrogens is 2.